The lowest BCUT2D eigenvalue weighted by Crippen LogP contribution is -2.38. The molecule has 1 atom stereocenters. The van der Waals surface area contributed by atoms with E-state index in [4.69, 9.17) is 14.5 Å². The number of ether oxygens (including phenoxy) is 2. The van der Waals surface area contributed by atoms with Crippen LogP contribution in [0.5, 0.6) is 11.5 Å². The number of anilines is 1. The van der Waals surface area contributed by atoms with Crippen molar-refractivity contribution in [2.75, 3.05) is 31.7 Å². The summed E-state index contributed by atoms with van der Waals surface area (Å²) in [6.45, 7) is 3.07. The normalized spacial score (nSPS) is 17.9. The van der Waals surface area contributed by atoms with Gasteiger partial charge in [-0.15, -0.1) is 0 Å². The number of para-hydroxylation sites is 1. The fourth-order valence-electron chi connectivity index (χ4n) is 4.07. The molecule has 1 aromatic heterocycles. The number of carbonyl (C=O) groups is 1. The van der Waals surface area contributed by atoms with Gasteiger partial charge < -0.3 is 29.2 Å². The van der Waals surface area contributed by atoms with Gasteiger partial charge in [-0.05, 0) is 36.8 Å². The summed E-state index contributed by atoms with van der Waals surface area (Å²) in [5, 5.41) is 26.3. The second-order valence-electron chi connectivity index (χ2n) is 8.07. The molecule has 3 aromatic rings. The number of esters is 1. The SMILES string of the molecule is COC(=O)c1ccc2nc(CN3CCN(c4cccc(O)c4O)C=N3)n(CC3CCO3)c2c1. The van der Waals surface area contributed by atoms with E-state index in [2.05, 4.69) is 9.67 Å². The van der Waals surface area contributed by atoms with E-state index >= 15 is 0 Å². The predicted octanol–water partition coefficient (Wildman–Crippen LogP) is 2.29. The molecule has 10 nitrogen and oxygen atoms in total. The Morgan fingerprint density at radius 2 is 2.09 bits per heavy atom. The summed E-state index contributed by atoms with van der Waals surface area (Å²) in [5.74, 6) is 0.109. The fourth-order valence-corrected chi connectivity index (χ4v) is 4.07. The summed E-state index contributed by atoms with van der Waals surface area (Å²) in [6.07, 6.45) is 2.74. The molecule has 3 heterocycles. The molecule has 0 saturated carbocycles. The molecule has 0 amide bonds. The van der Waals surface area contributed by atoms with Crippen molar-refractivity contribution in [3.63, 3.8) is 0 Å². The zero-order chi connectivity index (χ0) is 22.9. The highest BCUT2D eigenvalue weighted by Crippen LogP contribution is 2.35. The molecule has 33 heavy (non-hydrogen) atoms. The number of phenolic OH excluding ortho intramolecular Hbond substituents is 2. The van der Waals surface area contributed by atoms with Crippen molar-refractivity contribution in [3.8, 4) is 11.5 Å². The Morgan fingerprint density at radius 1 is 1.24 bits per heavy atom. The molecule has 0 spiro atoms. The molecule has 0 bridgehead atoms. The number of methoxy groups -OCH3 is 1. The van der Waals surface area contributed by atoms with Crippen molar-refractivity contribution in [3.05, 3.63) is 47.8 Å². The van der Waals surface area contributed by atoms with Gasteiger partial charge in [0.2, 0.25) is 0 Å². The van der Waals surface area contributed by atoms with Crippen LogP contribution in [0.25, 0.3) is 11.0 Å². The van der Waals surface area contributed by atoms with Gasteiger partial charge in [-0.2, -0.15) is 5.10 Å². The van der Waals surface area contributed by atoms with E-state index in [-0.39, 0.29) is 23.6 Å². The highest BCUT2D eigenvalue weighted by atomic mass is 16.5. The van der Waals surface area contributed by atoms with Gasteiger partial charge in [-0.25, -0.2) is 9.78 Å². The van der Waals surface area contributed by atoms with Crippen LogP contribution in [-0.2, 0) is 22.6 Å². The Bertz CT molecular complexity index is 1220. The molecule has 2 N–H and O–H groups in total. The number of imidazole rings is 1. The van der Waals surface area contributed by atoms with E-state index in [9.17, 15) is 15.0 Å². The monoisotopic (exact) mass is 451 g/mol. The highest BCUT2D eigenvalue weighted by molar-refractivity contribution is 5.93. The molecule has 2 aliphatic heterocycles. The first-order valence-corrected chi connectivity index (χ1v) is 10.8. The van der Waals surface area contributed by atoms with Crippen molar-refractivity contribution in [2.24, 2.45) is 5.10 Å². The Morgan fingerprint density at radius 3 is 2.79 bits per heavy atom. The van der Waals surface area contributed by atoms with Crippen LogP contribution < -0.4 is 4.90 Å². The maximum Gasteiger partial charge on any atom is 0.337 e. The van der Waals surface area contributed by atoms with Crippen LogP contribution >= 0.6 is 0 Å². The molecular weight excluding hydrogens is 426 g/mol. The Hall–Kier alpha value is -3.79. The molecule has 2 aliphatic rings. The first-order chi connectivity index (χ1) is 16.0. The first kappa shape index (κ1) is 21.1. The Balaban J connectivity index is 1.40. The van der Waals surface area contributed by atoms with Gasteiger partial charge in [0.05, 0.1) is 55.1 Å². The van der Waals surface area contributed by atoms with Gasteiger partial charge in [-0.3, -0.25) is 5.01 Å². The molecule has 1 unspecified atom stereocenters. The maximum atomic E-state index is 12.0. The number of carbonyl (C=O) groups excluding carboxylic acids is 1. The molecule has 10 heteroatoms. The molecule has 0 aliphatic carbocycles. The topological polar surface area (TPSA) is 113 Å². The summed E-state index contributed by atoms with van der Waals surface area (Å²) in [7, 11) is 1.37. The van der Waals surface area contributed by atoms with Gasteiger partial charge in [0.1, 0.15) is 12.2 Å². The second kappa shape index (κ2) is 8.62. The number of benzene rings is 2. The average molecular weight is 451 g/mol. The molecule has 2 aromatic carbocycles. The third kappa shape index (κ3) is 4.05. The van der Waals surface area contributed by atoms with Crippen LogP contribution in [0, 0.1) is 0 Å². The zero-order valence-corrected chi connectivity index (χ0v) is 18.2. The Kier molecular flexibility index (Phi) is 5.51. The molecular formula is C23H25N5O5. The minimum absolute atomic E-state index is 0.122. The van der Waals surface area contributed by atoms with E-state index in [0.717, 1.165) is 29.9 Å². The Labute approximate surface area is 190 Å². The fraction of sp³-hybridized carbons (Fsp3) is 0.348. The molecule has 1 fully saturated rings. The van der Waals surface area contributed by atoms with Crippen LogP contribution in [0.3, 0.4) is 0 Å². The number of rotatable bonds is 6. The number of aromatic nitrogens is 2. The third-order valence-electron chi connectivity index (χ3n) is 6.01. The maximum absolute atomic E-state index is 12.0. The van der Waals surface area contributed by atoms with E-state index in [1.807, 2.05) is 17.1 Å². The lowest BCUT2D eigenvalue weighted by Gasteiger charge is -2.31. The lowest BCUT2D eigenvalue weighted by molar-refractivity contribution is -0.0592. The minimum Gasteiger partial charge on any atom is -0.504 e. The summed E-state index contributed by atoms with van der Waals surface area (Å²) in [5.41, 5.74) is 2.63. The number of fused-ring (bicyclic) bond motifs is 1. The summed E-state index contributed by atoms with van der Waals surface area (Å²) in [4.78, 5) is 18.6. The van der Waals surface area contributed by atoms with E-state index < -0.39 is 0 Å². The van der Waals surface area contributed by atoms with Gasteiger partial charge in [0.25, 0.3) is 0 Å². The third-order valence-corrected chi connectivity index (χ3v) is 6.01. The van der Waals surface area contributed by atoms with Gasteiger partial charge >= 0.3 is 5.97 Å². The zero-order valence-electron chi connectivity index (χ0n) is 18.2. The number of nitrogens with zero attached hydrogens (tertiary/aromatic N) is 5. The minimum atomic E-state index is -0.387. The smallest absolute Gasteiger partial charge is 0.337 e. The van der Waals surface area contributed by atoms with Crippen molar-refractivity contribution in [1.29, 1.82) is 0 Å². The van der Waals surface area contributed by atoms with Crippen molar-refractivity contribution in [1.82, 2.24) is 14.6 Å². The van der Waals surface area contributed by atoms with Crippen molar-refractivity contribution < 1.29 is 24.5 Å². The number of aromatic hydroxyl groups is 2. The van der Waals surface area contributed by atoms with E-state index in [1.165, 1.54) is 13.2 Å². The molecule has 5 rings (SSSR count). The van der Waals surface area contributed by atoms with Crippen LogP contribution in [0.15, 0.2) is 41.5 Å². The molecule has 172 valence electrons. The van der Waals surface area contributed by atoms with Crippen LogP contribution in [0.4, 0.5) is 5.69 Å². The number of hydrazone groups is 1. The quantitative estimate of drug-likeness (QED) is 0.434. The first-order valence-electron chi connectivity index (χ1n) is 10.8. The van der Waals surface area contributed by atoms with Gasteiger partial charge in [0, 0.05) is 13.2 Å². The summed E-state index contributed by atoms with van der Waals surface area (Å²) in [6, 6.07) is 10.2. The largest absolute Gasteiger partial charge is 0.504 e. The average Bonchev–Trinajstić information content (AvgIpc) is 3.14. The molecule has 1 saturated heterocycles. The van der Waals surface area contributed by atoms with Crippen LogP contribution in [-0.4, -0.2) is 70.0 Å². The second-order valence-corrected chi connectivity index (χ2v) is 8.07. The standard InChI is InChI=1S/C23H25N5O5/c1-32-23(31)15-5-6-17-19(11-15)28(12-16-7-10-33-16)21(25-17)13-27-9-8-26(14-24-27)18-3-2-4-20(29)22(18)30/h2-6,11,14,16,29-30H,7-10,12-13H2,1H3. The molecule has 0 radical (unpaired) electrons. The van der Waals surface area contributed by atoms with E-state index in [1.54, 1.807) is 29.4 Å². The number of hydrogen-bond acceptors (Lipinski definition) is 9. The summed E-state index contributed by atoms with van der Waals surface area (Å²) < 4.78 is 12.6. The summed E-state index contributed by atoms with van der Waals surface area (Å²) >= 11 is 0. The lowest BCUT2D eigenvalue weighted by atomic mass is 10.1. The van der Waals surface area contributed by atoms with Crippen LogP contribution in [0.1, 0.15) is 22.6 Å². The van der Waals surface area contributed by atoms with E-state index in [0.29, 0.717) is 37.4 Å². The number of hydrogen-bond donors (Lipinski definition) is 2. The van der Waals surface area contributed by atoms with Crippen molar-refractivity contribution in [2.45, 2.75) is 25.6 Å². The van der Waals surface area contributed by atoms with Crippen LogP contribution in [0.2, 0.25) is 0 Å². The van der Waals surface area contributed by atoms with Gasteiger partial charge in [0.15, 0.2) is 11.5 Å². The van der Waals surface area contributed by atoms with Gasteiger partial charge in [-0.1, -0.05) is 6.07 Å². The predicted molar refractivity (Wildman–Crippen MR) is 121 cm³/mol. The number of phenols is 2. The van der Waals surface area contributed by atoms with Crippen molar-refractivity contribution >= 4 is 29.0 Å². The highest BCUT2D eigenvalue weighted by Gasteiger charge is 2.24.